The van der Waals surface area contributed by atoms with Crippen LogP contribution in [0.5, 0.6) is 0 Å². The summed E-state index contributed by atoms with van der Waals surface area (Å²) in [5, 5.41) is 3.43. The van der Waals surface area contributed by atoms with Crippen molar-refractivity contribution in [2.75, 3.05) is 12.3 Å². The Labute approximate surface area is 193 Å². The summed E-state index contributed by atoms with van der Waals surface area (Å²) < 4.78 is 0. The van der Waals surface area contributed by atoms with Crippen molar-refractivity contribution in [1.82, 2.24) is 21.1 Å². The predicted octanol–water partition coefficient (Wildman–Crippen LogP) is 1.44. The summed E-state index contributed by atoms with van der Waals surface area (Å²) in [6, 6.07) is 0.193. The average Bonchev–Trinajstić information content (AvgIpc) is 3.25. The van der Waals surface area contributed by atoms with Crippen molar-refractivity contribution in [3.63, 3.8) is 0 Å². The minimum absolute atomic E-state index is 0.00133. The first kappa shape index (κ1) is 25.9. The van der Waals surface area contributed by atoms with E-state index in [4.69, 9.17) is 0 Å². The molecule has 3 atom stereocenters. The van der Waals surface area contributed by atoms with Gasteiger partial charge in [-0.05, 0) is 37.4 Å². The first-order valence-corrected chi connectivity index (χ1v) is 12.3. The SMILES string of the molecule is CC(=O)NC1C(C)CSC1CCCCC(=O)NNC(=O)CCCCCN1C(=O)C=CC1=O. The Bertz CT molecular complexity index is 724. The van der Waals surface area contributed by atoms with Gasteiger partial charge < -0.3 is 5.32 Å². The molecule has 3 unspecified atom stereocenters. The molecule has 3 N–H and O–H groups in total. The van der Waals surface area contributed by atoms with Gasteiger partial charge >= 0.3 is 0 Å². The number of hydrazine groups is 1. The van der Waals surface area contributed by atoms with Gasteiger partial charge in [-0.1, -0.05) is 19.8 Å². The van der Waals surface area contributed by atoms with Crippen molar-refractivity contribution < 1.29 is 24.0 Å². The Kier molecular flexibility index (Phi) is 10.7. The van der Waals surface area contributed by atoms with Gasteiger partial charge in [-0.2, -0.15) is 11.8 Å². The Hall–Kier alpha value is -2.36. The van der Waals surface area contributed by atoms with Gasteiger partial charge in [0.1, 0.15) is 0 Å². The fraction of sp³-hybridized carbons (Fsp3) is 0.682. The lowest BCUT2D eigenvalue weighted by Crippen LogP contribution is -2.42. The van der Waals surface area contributed by atoms with Crippen LogP contribution in [0.4, 0.5) is 0 Å². The molecule has 0 bridgehead atoms. The van der Waals surface area contributed by atoms with Gasteiger partial charge in [0.2, 0.25) is 17.7 Å². The molecular weight excluding hydrogens is 432 g/mol. The summed E-state index contributed by atoms with van der Waals surface area (Å²) in [5.41, 5.74) is 4.87. The van der Waals surface area contributed by atoms with Crippen LogP contribution in [0, 0.1) is 5.92 Å². The normalized spacial score (nSPS) is 22.3. The summed E-state index contributed by atoms with van der Waals surface area (Å²) in [6.45, 7) is 4.05. The second-order valence-electron chi connectivity index (χ2n) is 8.39. The van der Waals surface area contributed by atoms with E-state index in [0.717, 1.165) is 25.0 Å². The Morgan fingerprint density at radius 3 is 2.16 bits per heavy atom. The lowest BCUT2D eigenvalue weighted by atomic mass is 9.97. The highest BCUT2D eigenvalue weighted by Gasteiger charge is 2.34. The molecule has 0 radical (unpaired) electrons. The number of unbranched alkanes of at least 4 members (excludes halogenated alkanes) is 3. The van der Waals surface area contributed by atoms with E-state index in [1.54, 1.807) is 6.92 Å². The molecule has 32 heavy (non-hydrogen) atoms. The van der Waals surface area contributed by atoms with Gasteiger partial charge in [-0.3, -0.25) is 39.7 Å². The van der Waals surface area contributed by atoms with Crippen molar-refractivity contribution in [3.05, 3.63) is 12.2 Å². The number of hydrogen-bond donors (Lipinski definition) is 3. The van der Waals surface area contributed by atoms with Crippen molar-refractivity contribution in [2.45, 2.75) is 76.5 Å². The van der Waals surface area contributed by atoms with Gasteiger partial charge in [0.25, 0.3) is 11.8 Å². The lowest BCUT2D eigenvalue weighted by Gasteiger charge is -2.22. The van der Waals surface area contributed by atoms with E-state index in [1.807, 2.05) is 11.8 Å². The molecule has 0 aromatic carbocycles. The molecule has 2 rings (SSSR count). The van der Waals surface area contributed by atoms with Crippen molar-refractivity contribution in [3.8, 4) is 0 Å². The third-order valence-electron chi connectivity index (χ3n) is 5.63. The smallest absolute Gasteiger partial charge is 0.253 e. The van der Waals surface area contributed by atoms with Crippen molar-refractivity contribution in [1.29, 1.82) is 0 Å². The molecule has 0 aromatic rings. The van der Waals surface area contributed by atoms with Gasteiger partial charge in [-0.25, -0.2) is 0 Å². The van der Waals surface area contributed by atoms with Crippen molar-refractivity contribution >= 4 is 41.3 Å². The maximum Gasteiger partial charge on any atom is 0.253 e. The van der Waals surface area contributed by atoms with Crippen molar-refractivity contribution in [2.24, 2.45) is 5.92 Å². The molecule has 2 aliphatic heterocycles. The first-order chi connectivity index (χ1) is 15.3. The maximum absolute atomic E-state index is 11.9. The number of carbonyl (C=O) groups is 5. The average molecular weight is 467 g/mol. The minimum atomic E-state index is -0.292. The standard InChI is InChI=1S/C22H34N4O5S/c1-15-14-32-17(22(15)23-16(2)27)8-5-6-10-19(29)25-24-18(28)9-4-3-7-13-26-20(30)11-12-21(26)31/h11-12,15,17,22H,3-10,13-14H2,1-2H3,(H,23,27)(H,24,28)(H,25,29). The zero-order valence-electron chi connectivity index (χ0n) is 18.9. The van der Waals surface area contributed by atoms with Gasteiger partial charge in [0.15, 0.2) is 0 Å². The van der Waals surface area contributed by atoms with E-state index in [2.05, 4.69) is 23.1 Å². The summed E-state index contributed by atoms with van der Waals surface area (Å²) in [4.78, 5) is 59.2. The van der Waals surface area contributed by atoms with E-state index in [0.29, 0.717) is 43.4 Å². The molecule has 10 heteroatoms. The quantitative estimate of drug-likeness (QED) is 0.227. The lowest BCUT2D eigenvalue weighted by molar-refractivity contribution is -0.137. The van der Waals surface area contributed by atoms with E-state index in [-0.39, 0.29) is 42.0 Å². The fourth-order valence-corrected chi connectivity index (χ4v) is 5.50. The van der Waals surface area contributed by atoms with Gasteiger partial charge in [0.05, 0.1) is 0 Å². The van der Waals surface area contributed by atoms with E-state index < -0.39 is 0 Å². The predicted molar refractivity (Wildman–Crippen MR) is 122 cm³/mol. The third-order valence-corrected chi connectivity index (χ3v) is 7.30. The van der Waals surface area contributed by atoms with Crippen LogP contribution < -0.4 is 16.2 Å². The number of rotatable bonds is 12. The van der Waals surface area contributed by atoms with Crippen LogP contribution in [0.1, 0.15) is 65.2 Å². The summed E-state index contributed by atoms with van der Waals surface area (Å²) in [6.07, 6.45) is 7.64. The first-order valence-electron chi connectivity index (χ1n) is 11.3. The number of thioether (sulfide) groups is 1. The zero-order chi connectivity index (χ0) is 23.5. The molecule has 0 saturated carbocycles. The highest BCUT2D eigenvalue weighted by atomic mass is 32.2. The molecule has 178 valence electrons. The molecule has 1 fully saturated rings. The molecule has 5 amide bonds. The van der Waals surface area contributed by atoms with Crippen LogP contribution in [0.3, 0.4) is 0 Å². The second-order valence-corrected chi connectivity index (χ2v) is 9.66. The maximum atomic E-state index is 11.9. The van der Waals surface area contributed by atoms with Gasteiger partial charge in [0, 0.05) is 49.8 Å². The van der Waals surface area contributed by atoms with Crippen LogP contribution in [0.25, 0.3) is 0 Å². The van der Waals surface area contributed by atoms with E-state index >= 15 is 0 Å². The Balaban J connectivity index is 1.48. The van der Waals surface area contributed by atoms with E-state index in [1.165, 1.54) is 17.1 Å². The highest BCUT2D eigenvalue weighted by molar-refractivity contribution is 8.00. The largest absolute Gasteiger partial charge is 0.352 e. The van der Waals surface area contributed by atoms with Crippen LogP contribution in [0.2, 0.25) is 0 Å². The number of hydrogen-bond acceptors (Lipinski definition) is 6. The topological polar surface area (TPSA) is 125 Å². The Morgan fingerprint density at radius 1 is 0.969 bits per heavy atom. The molecule has 9 nitrogen and oxygen atoms in total. The minimum Gasteiger partial charge on any atom is -0.352 e. The molecule has 2 aliphatic rings. The molecule has 2 heterocycles. The molecule has 0 aromatic heterocycles. The second kappa shape index (κ2) is 13.2. The zero-order valence-corrected chi connectivity index (χ0v) is 19.7. The number of nitrogens with zero attached hydrogens (tertiary/aromatic N) is 1. The Morgan fingerprint density at radius 2 is 1.56 bits per heavy atom. The van der Waals surface area contributed by atoms with Crippen LogP contribution in [-0.4, -0.2) is 58.0 Å². The van der Waals surface area contributed by atoms with Gasteiger partial charge in [-0.15, -0.1) is 0 Å². The van der Waals surface area contributed by atoms with E-state index in [9.17, 15) is 24.0 Å². The number of amides is 5. The van der Waals surface area contributed by atoms with Crippen LogP contribution in [-0.2, 0) is 24.0 Å². The molecular formula is C22H34N4O5S. The molecule has 0 spiro atoms. The summed E-state index contributed by atoms with van der Waals surface area (Å²) >= 11 is 1.88. The van der Waals surface area contributed by atoms with Crippen LogP contribution >= 0.6 is 11.8 Å². The number of nitrogens with one attached hydrogen (secondary N) is 3. The monoisotopic (exact) mass is 466 g/mol. The fourth-order valence-electron chi connectivity index (χ4n) is 3.86. The molecule has 0 aliphatic carbocycles. The summed E-state index contributed by atoms with van der Waals surface area (Å²) in [7, 11) is 0. The summed E-state index contributed by atoms with van der Waals surface area (Å²) in [5.74, 6) is 0.422. The third kappa shape index (κ3) is 8.64. The molecule has 1 saturated heterocycles. The van der Waals surface area contributed by atoms with Crippen LogP contribution in [0.15, 0.2) is 12.2 Å². The highest BCUT2D eigenvalue weighted by Crippen LogP contribution is 2.34. The number of imide groups is 1. The number of carbonyl (C=O) groups excluding carboxylic acids is 5.